The van der Waals surface area contributed by atoms with E-state index in [0.717, 1.165) is 12.8 Å². The van der Waals surface area contributed by atoms with Crippen LogP contribution in [0.3, 0.4) is 0 Å². The quantitative estimate of drug-likeness (QED) is 0.791. The highest BCUT2D eigenvalue weighted by atomic mass is 16.5. The number of hydrogen-bond acceptors (Lipinski definition) is 4. The maximum atomic E-state index is 13.2. The smallest absolute Gasteiger partial charge is 0.254 e. The van der Waals surface area contributed by atoms with E-state index in [9.17, 15) is 4.79 Å². The maximum absolute atomic E-state index is 13.2. The highest BCUT2D eigenvalue weighted by Gasteiger charge is 2.29. The number of nitrogens with zero attached hydrogens (tertiary/aromatic N) is 1. The van der Waals surface area contributed by atoms with Crippen LogP contribution in [0.1, 0.15) is 56.3 Å². The molecule has 1 aliphatic carbocycles. The van der Waals surface area contributed by atoms with Crippen molar-refractivity contribution in [2.24, 2.45) is 0 Å². The Balaban J connectivity index is 2.38. The second kappa shape index (κ2) is 8.27. The van der Waals surface area contributed by atoms with Gasteiger partial charge < -0.3 is 19.1 Å². The number of carbonyl (C=O) groups is 1. The molecule has 5 heteroatoms. The highest BCUT2D eigenvalue weighted by molar-refractivity contribution is 5.96. The number of ether oxygens (including phenoxy) is 3. The third-order valence-electron chi connectivity index (χ3n) is 4.67. The van der Waals surface area contributed by atoms with Crippen LogP contribution in [0, 0.1) is 0 Å². The van der Waals surface area contributed by atoms with Gasteiger partial charge in [0.2, 0.25) is 5.75 Å². The van der Waals surface area contributed by atoms with E-state index in [4.69, 9.17) is 14.2 Å². The second-order valence-corrected chi connectivity index (χ2v) is 6.51. The summed E-state index contributed by atoms with van der Waals surface area (Å²) in [7, 11) is 4.68. The molecule has 1 aromatic rings. The summed E-state index contributed by atoms with van der Waals surface area (Å²) >= 11 is 0. The maximum Gasteiger partial charge on any atom is 0.254 e. The molecule has 5 nitrogen and oxygen atoms in total. The zero-order valence-corrected chi connectivity index (χ0v) is 15.4. The van der Waals surface area contributed by atoms with E-state index in [1.54, 1.807) is 33.5 Å². The molecule has 0 spiro atoms. The molecule has 1 aliphatic rings. The minimum Gasteiger partial charge on any atom is -0.493 e. The molecule has 0 radical (unpaired) electrons. The van der Waals surface area contributed by atoms with E-state index in [-0.39, 0.29) is 11.9 Å². The molecule has 0 aliphatic heterocycles. The Hall–Kier alpha value is -1.91. The Kier molecular flexibility index (Phi) is 6.35. The van der Waals surface area contributed by atoms with Crippen molar-refractivity contribution in [3.05, 3.63) is 17.7 Å². The fourth-order valence-corrected chi connectivity index (χ4v) is 3.53. The van der Waals surface area contributed by atoms with Crippen LogP contribution in [0.5, 0.6) is 17.2 Å². The molecule has 1 saturated carbocycles. The normalized spacial score (nSPS) is 15.2. The minimum absolute atomic E-state index is 0.0242. The fourth-order valence-electron chi connectivity index (χ4n) is 3.53. The van der Waals surface area contributed by atoms with Gasteiger partial charge in [-0.15, -0.1) is 0 Å². The van der Waals surface area contributed by atoms with Crippen molar-refractivity contribution in [1.29, 1.82) is 0 Å². The lowest BCUT2D eigenvalue weighted by molar-refractivity contribution is 0.0554. The predicted molar refractivity (Wildman–Crippen MR) is 94.3 cm³/mol. The van der Waals surface area contributed by atoms with E-state index >= 15 is 0 Å². The van der Waals surface area contributed by atoms with E-state index in [1.165, 1.54) is 19.3 Å². The van der Waals surface area contributed by atoms with Gasteiger partial charge in [-0.05, 0) is 38.8 Å². The summed E-state index contributed by atoms with van der Waals surface area (Å²) in [5.74, 6) is 1.54. The van der Waals surface area contributed by atoms with Crippen molar-refractivity contribution in [1.82, 2.24) is 4.90 Å². The van der Waals surface area contributed by atoms with Crippen LogP contribution in [-0.2, 0) is 0 Å². The van der Waals surface area contributed by atoms with Crippen molar-refractivity contribution in [3.63, 3.8) is 0 Å². The molecule has 24 heavy (non-hydrogen) atoms. The molecule has 1 fully saturated rings. The third kappa shape index (κ3) is 3.77. The van der Waals surface area contributed by atoms with Crippen molar-refractivity contribution >= 4 is 5.91 Å². The zero-order valence-electron chi connectivity index (χ0n) is 15.4. The van der Waals surface area contributed by atoms with Gasteiger partial charge in [-0.1, -0.05) is 19.3 Å². The van der Waals surface area contributed by atoms with E-state index < -0.39 is 0 Å². The number of methoxy groups -OCH3 is 3. The van der Waals surface area contributed by atoms with Crippen LogP contribution in [0.2, 0.25) is 0 Å². The summed E-state index contributed by atoms with van der Waals surface area (Å²) in [6, 6.07) is 3.94. The lowest BCUT2D eigenvalue weighted by Gasteiger charge is -2.37. The first-order valence-corrected chi connectivity index (χ1v) is 8.66. The van der Waals surface area contributed by atoms with Crippen LogP contribution in [0.15, 0.2) is 12.1 Å². The Morgan fingerprint density at radius 1 is 1.00 bits per heavy atom. The van der Waals surface area contributed by atoms with E-state index in [2.05, 4.69) is 13.8 Å². The van der Waals surface area contributed by atoms with Crippen molar-refractivity contribution in [3.8, 4) is 17.2 Å². The number of benzene rings is 1. The van der Waals surface area contributed by atoms with Gasteiger partial charge in [0.15, 0.2) is 11.5 Å². The molecule has 1 aromatic carbocycles. The molecule has 0 bridgehead atoms. The summed E-state index contributed by atoms with van der Waals surface area (Å²) in [5.41, 5.74) is 0.573. The number of amides is 1. The van der Waals surface area contributed by atoms with Gasteiger partial charge in [-0.25, -0.2) is 0 Å². The number of rotatable bonds is 6. The van der Waals surface area contributed by atoms with E-state index in [1.807, 2.05) is 4.90 Å². The van der Waals surface area contributed by atoms with E-state index in [0.29, 0.717) is 28.9 Å². The van der Waals surface area contributed by atoms with Crippen LogP contribution in [0.4, 0.5) is 0 Å². The SMILES string of the molecule is COc1cc(C(=O)N(C(C)C)C2CCCCC2)cc(OC)c1OC. The zero-order chi connectivity index (χ0) is 17.7. The van der Waals surface area contributed by atoms with Crippen LogP contribution in [0.25, 0.3) is 0 Å². The Morgan fingerprint density at radius 2 is 1.54 bits per heavy atom. The molecule has 134 valence electrons. The van der Waals surface area contributed by atoms with Crippen molar-refractivity contribution in [2.45, 2.75) is 58.0 Å². The molecular formula is C19H29NO4. The van der Waals surface area contributed by atoms with Gasteiger partial charge in [-0.2, -0.15) is 0 Å². The summed E-state index contributed by atoms with van der Waals surface area (Å²) in [5, 5.41) is 0. The minimum atomic E-state index is 0.0242. The first-order chi connectivity index (χ1) is 11.5. The Bertz CT molecular complexity index is 539. The molecule has 0 unspecified atom stereocenters. The van der Waals surface area contributed by atoms with Gasteiger partial charge in [0.05, 0.1) is 21.3 Å². The summed E-state index contributed by atoms with van der Waals surface area (Å²) in [6.07, 6.45) is 5.80. The van der Waals surface area contributed by atoms with Gasteiger partial charge in [-0.3, -0.25) is 4.79 Å². The first-order valence-electron chi connectivity index (χ1n) is 8.66. The molecule has 1 amide bonds. The lowest BCUT2D eigenvalue weighted by Crippen LogP contribution is -2.45. The van der Waals surface area contributed by atoms with Gasteiger partial charge in [0, 0.05) is 17.6 Å². The molecule has 0 aromatic heterocycles. The summed E-state index contributed by atoms with van der Waals surface area (Å²) in [4.78, 5) is 15.2. The number of carbonyl (C=O) groups excluding carboxylic acids is 1. The highest BCUT2D eigenvalue weighted by Crippen LogP contribution is 2.39. The van der Waals surface area contributed by atoms with Crippen molar-refractivity contribution in [2.75, 3.05) is 21.3 Å². The predicted octanol–water partition coefficient (Wildman–Crippen LogP) is 3.90. The lowest BCUT2D eigenvalue weighted by atomic mass is 9.92. The van der Waals surface area contributed by atoms with Gasteiger partial charge in [0.1, 0.15) is 0 Å². The van der Waals surface area contributed by atoms with Crippen LogP contribution >= 0.6 is 0 Å². The van der Waals surface area contributed by atoms with Gasteiger partial charge in [0.25, 0.3) is 5.91 Å². The number of hydrogen-bond donors (Lipinski definition) is 0. The first kappa shape index (κ1) is 18.4. The Morgan fingerprint density at radius 3 is 1.96 bits per heavy atom. The fraction of sp³-hybridized carbons (Fsp3) is 0.632. The van der Waals surface area contributed by atoms with Gasteiger partial charge >= 0.3 is 0 Å². The summed E-state index contributed by atoms with van der Waals surface area (Å²) < 4.78 is 16.1. The topological polar surface area (TPSA) is 48.0 Å². The second-order valence-electron chi connectivity index (χ2n) is 6.51. The molecule has 0 N–H and O–H groups in total. The third-order valence-corrected chi connectivity index (χ3v) is 4.67. The largest absolute Gasteiger partial charge is 0.493 e. The standard InChI is InChI=1S/C19H29NO4/c1-13(2)20(15-9-7-6-8-10-15)19(21)14-11-16(22-3)18(24-5)17(12-14)23-4/h11-13,15H,6-10H2,1-5H3. The molecule has 0 atom stereocenters. The molecular weight excluding hydrogens is 306 g/mol. The molecule has 0 saturated heterocycles. The average molecular weight is 335 g/mol. The average Bonchev–Trinajstić information content (AvgIpc) is 2.60. The van der Waals surface area contributed by atoms with Crippen LogP contribution in [-0.4, -0.2) is 44.2 Å². The van der Waals surface area contributed by atoms with Crippen LogP contribution < -0.4 is 14.2 Å². The Labute approximate surface area is 144 Å². The molecule has 2 rings (SSSR count). The monoisotopic (exact) mass is 335 g/mol. The van der Waals surface area contributed by atoms with Crippen molar-refractivity contribution < 1.29 is 19.0 Å². The molecule has 0 heterocycles. The summed E-state index contributed by atoms with van der Waals surface area (Å²) in [6.45, 7) is 4.15.